The van der Waals surface area contributed by atoms with Gasteiger partial charge in [0.25, 0.3) is 0 Å². The molecule has 0 amide bonds. The molecule has 0 bridgehead atoms. The van der Waals surface area contributed by atoms with E-state index < -0.39 is 0 Å². The van der Waals surface area contributed by atoms with E-state index in [1.807, 2.05) is 36.4 Å². The third-order valence-corrected chi connectivity index (χ3v) is 1.98. The molecule has 78 valence electrons. The molecule has 1 N–H and O–H groups in total. The second-order valence-corrected chi connectivity index (χ2v) is 3.05. The van der Waals surface area contributed by atoms with Crippen molar-refractivity contribution in [2.24, 2.45) is 0 Å². The van der Waals surface area contributed by atoms with E-state index in [0.717, 1.165) is 12.4 Å². The summed E-state index contributed by atoms with van der Waals surface area (Å²) in [5.41, 5.74) is 1.26. The monoisotopic (exact) mass is 204 g/mol. The molecule has 0 saturated carbocycles. The first-order chi connectivity index (χ1) is 6.95. The first-order valence-electron chi connectivity index (χ1n) is 4.64. The highest BCUT2D eigenvalue weighted by Gasteiger charge is 1.91. The summed E-state index contributed by atoms with van der Waals surface area (Å²) in [7, 11) is 0. The van der Waals surface area contributed by atoms with Crippen LogP contribution >= 0.6 is 0 Å². The zero-order valence-corrected chi connectivity index (χ0v) is 8.26. The summed E-state index contributed by atoms with van der Waals surface area (Å²) >= 11 is 0. The minimum absolute atomic E-state index is 0. The summed E-state index contributed by atoms with van der Waals surface area (Å²) in [5.74, 6) is 0.913. The van der Waals surface area contributed by atoms with E-state index in [-0.39, 0.29) is 4.70 Å². The minimum atomic E-state index is 0. The number of rotatable bonds is 3. The fraction of sp³-hybridized carbons (Fsp3) is 0.0833. The summed E-state index contributed by atoms with van der Waals surface area (Å²) in [6, 6.07) is 16.1. The Bertz CT molecular complexity index is 336. The zero-order chi connectivity index (χ0) is 9.64. The van der Waals surface area contributed by atoms with Crippen molar-refractivity contribution in [1.82, 2.24) is 4.98 Å². The molecule has 2 nitrogen and oxygen atoms in total. The van der Waals surface area contributed by atoms with Gasteiger partial charge in [-0.2, -0.15) is 0 Å². The van der Waals surface area contributed by atoms with Gasteiger partial charge in [-0.1, -0.05) is 36.4 Å². The molecular weight excluding hydrogens is 191 g/mol. The molecule has 15 heavy (non-hydrogen) atoms. The van der Waals surface area contributed by atoms with Gasteiger partial charge in [0.1, 0.15) is 5.82 Å². The third kappa shape index (κ3) is 3.38. The van der Waals surface area contributed by atoms with Crippen molar-refractivity contribution in [3.05, 3.63) is 60.3 Å². The molecule has 1 heterocycles. The van der Waals surface area contributed by atoms with Gasteiger partial charge in [0.05, 0.1) is 0 Å². The Hall–Kier alpha value is -1.90. The molecule has 3 heteroatoms. The maximum atomic E-state index is 4.18. The average molecular weight is 204 g/mol. The molecule has 0 aliphatic rings. The van der Waals surface area contributed by atoms with Gasteiger partial charge in [0, 0.05) is 12.7 Å². The second kappa shape index (κ2) is 5.75. The van der Waals surface area contributed by atoms with Crippen LogP contribution in [0, 0.1) is 0 Å². The summed E-state index contributed by atoms with van der Waals surface area (Å²) in [6.07, 6.45) is 1.79. The zero-order valence-electron chi connectivity index (χ0n) is 8.26. The highest BCUT2D eigenvalue weighted by molar-refractivity contribution is 5.34. The van der Waals surface area contributed by atoms with Gasteiger partial charge in [0.2, 0.25) is 0 Å². The topological polar surface area (TPSA) is 24.9 Å². The Morgan fingerprint density at radius 1 is 0.933 bits per heavy atom. The minimum Gasteiger partial charge on any atom is -0.366 e. The molecule has 2 rings (SSSR count). The summed E-state index contributed by atoms with van der Waals surface area (Å²) in [6.45, 7) is 0.817. The lowest BCUT2D eigenvalue weighted by Gasteiger charge is -2.04. The Balaban J connectivity index is 0.00000112. The number of benzene rings is 1. The summed E-state index contributed by atoms with van der Waals surface area (Å²) < 4.78 is 0. The molecule has 0 aliphatic heterocycles. The van der Waals surface area contributed by atoms with Gasteiger partial charge in [-0.25, -0.2) is 4.98 Å². The lowest BCUT2D eigenvalue weighted by Crippen LogP contribution is -2.00. The number of nitrogens with zero attached hydrogens (tertiary/aromatic N) is 1. The van der Waals surface area contributed by atoms with Gasteiger partial charge >= 0.3 is 0 Å². The number of nitrogens with one attached hydrogen (secondary N) is 1. The molecule has 0 saturated heterocycles. The first kappa shape index (κ1) is 11.2. The smallest absolute Gasteiger partial charge is 0.126 e. The quantitative estimate of drug-likeness (QED) is 0.831. The predicted molar refractivity (Wildman–Crippen MR) is 60.5 cm³/mol. The van der Waals surface area contributed by atoms with E-state index in [4.69, 9.17) is 0 Å². The number of hydrogen-bond donors (Lipinski definition) is 1. The van der Waals surface area contributed by atoms with E-state index in [1.54, 1.807) is 6.20 Å². The van der Waals surface area contributed by atoms with Crippen molar-refractivity contribution in [3.8, 4) is 0 Å². The lowest BCUT2D eigenvalue weighted by molar-refractivity contribution is 1.11. The predicted octanol–water partition coefficient (Wildman–Crippen LogP) is 2.85. The van der Waals surface area contributed by atoms with E-state index in [2.05, 4.69) is 22.4 Å². The molecule has 1 aromatic carbocycles. The van der Waals surface area contributed by atoms with E-state index in [1.165, 1.54) is 5.56 Å². The number of halogens is 1. The summed E-state index contributed by atoms with van der Waals surface area (Å²) in [4.78, 5) is 4.18. The van der Waals surface area contributed by atoms with Crippen molar-refractivity contribution in [3.63, 3.8) is 0 Å². The summed E-state index contributed by atoms with van der Waals surface area (Å²) in [5, 5.41) is 3.25. The fourth-order valence-corrected chi connectivity index (χ4v) is 1.26. The van der Waals surface area contributed by atoms with Crippen molar-refractivity contribution in [2.75, 3.05) is 5.32 Å². The Labute approximate surface area is 88.4 Å². The highest BCUT2D eigenvalue weighted by atomic mass is 19.0. The Kier molecular flexibility index (Phi) is 4.29. The molecule has 0 aliphatic carbocycles. The van der Waals surface area contributed by atoms with E-state index >= 15 is 0 Å². The van der Waals surface area contributed by atoms with Gasteiger partial charge in [-0.15, -0.1) is 0 Å². The van der Waals surface area contributed by atoms with Gasteiger partial charge in [0.15, 0.2) is 0 Å². The Morgan fingerprint density at radius 2 is 1.67 bits per heavy atom. The van der Waals surface area contributed by atoms with Crippen molar-refractivity contribution >= 4 is 5.82 Å². The molecule has 0 radical (unpaired) electrons. The lowest BCUT2D eigenvalue weighted by atomic mass is 10.2. The molecule has 0 unspecified atom stereocenters. The van der Waals surface area contributed by atoms with Gasteiger partial charge in [-0.3, -0.25) is 4.70 Å². The molecule has 2 aromatic rings. The van der Waals surface area contributed by atoms with Gasteiger partial charge < -0.3 is 5.32 Å². The third-order valence-electron chi connectivity index (χ3n) is 1.98. The van der Waals surface area contributed by atoms with Crippen molar-refractivity contribution in [2.45, 2.75) is 6.54 Å². The van der Waals surface area contributed by atoms with Gasteiger partial charge in [-0.05, 0) is 17.7 Å². The molecular formula is C12H13FN2. The fourth-order valence-electron chi connectivity index (χ4n) is 1.26. The van der Waals surface area contributed by atoms with Crippen molar-refractivity contribution < 1.29 is 4.70 Å². The number of aromatic nitrogens is 1. The first-order valence-corrected chi connectivity index (χ1v) is 4.64. The average Bonchev–Trinajstić information content (AvgIpc) is 2.29. The van der Waals surface area contributed by atoms with Crippen LogP contribution in [0.2, 0.25) is 0 Å². The number of pyridine rings is 1. The molecule has 1 aromatic heterocycles. The van der Waals surface area contributed by atoms with Crippen LogP contribution in [0.25, 0.3) is 0 Å². The number of hydrogen-bond acceptors (Lipinski definition) is 2. The number of anilines is 1. The van der Waals surface area contributed by atoms with E-state index in [9.17, 15) is 0 Å². The SMILES string of the molecule is F.c1ccc(CNc2ccccn2)cc1. The van der Waals surface area contributed by atoms with Crippen LogP contribution in [0.5, 0.6) is 0 Å². The van der Waals surface area contributed by atoms with Crippen LogP contribution in [-0.2, 0) is 6.54 Å². The van der Waals surface area contributed by atoms with E-state index in [0.29, 0.717) is 0 Å². The van der Waals surface area contributed by atoms with Crippen molar-refractivity contribution in [1.29, 1.82) is 0 Å². The van der Waals surface area contributed by atoms with Crippen LogP contribution < -0.4 is 5.32 Å². The Morgan fingerprint density at radius 3 is 2.33 bits per heavy atom. The standard InChI is InChI=1S/C12H12N2.FH/c1-2-6-11(7-3-1)10-14-12-8-4-5-9-13-12;/h1-9H,10H2,(H,13,14);1H. The molecule has 0 fully saturated rings. The molecule has 0 atom stereocenters. The van der Waals surface area contributed by atoms with Crippen LogP contribution in [0.1, 0.15) is 5.56 Å². The largest absolute Gasteiger partial charge is 0.366 e. The second-order valence-electron chi connectivity index (χ2n) is 3.05. The highest BCUT2D eigenvalue weighted by Crippen LogP contribution is 2.04. The van der Waals surface area contributed by atoms with Crippen LogP contribution in [0.3, 0.4) is 0 Å². The normalized spacial score (nSPS) is 9.07. The van der Waals surface area contributed by atoms with Crippen LogP contribution in [0.15, 0.2) is 54.7 Å². The van der Waals surface area contributed by atoms with Crippen LogP contribution in [-0.4, -0.2) is 4.98 Å². The maximum Gasteiger partial charge on any atom is 0.126 e. The molecule has 0 spiro atoms. The van der Waals surface area contributed by atoms with Crippen LogP contribution in [0.4, 0.5) is 10.5 Å². The maximum absolute atomic E-state index is 4.18.